The molecule has 0 radical (unpaired) electrons. The molecule has 3 nitrogen and oxygen atoms in total. The first-order chi connectivity index (χ1) is 5.95. The zero-order valence-corrected chi connectivity index (χ0v) is 7.88. The maximum Gasteiger partial charge on any atom is 0.167 e. The van der Waals surface area contributed by atoms with Crippen LogP contribution in [0, 0.1) is 13.8 Å². The average molecular weight is 180 g/mol. The zero-order valence-electron chi connectivity index (χ0n) is 7.88. The normalized spacial score (nSPS) is 10.1. The first-order valence-corrected chi connectivity index (χ1v) is 3.98. The third-order valence-electron chi connectivity index (χ3n) is 2.14. The fourth-order valence-corrected chi connectivity index (χ4v) is 1.23. The summed E-state index contributed by atoms with van der Waals surface area (Å²) in [5, 5.41) is 18.9. The summed E-state index contributed by atoms with van der Waals surface area (Å²) >= 11 is 0. The second-order valence-electron chi connectivity index (χ2n) is 3.12. The van der Waals surface area contributed by atoms with E-state index in [1.807, 2.05) is 0 Å². The molecule has 1 aromatic carbocycles. The molecule has 0 aliphatic carbocycles. The number of benzene rings is 1. The van der Waals surface area contributed by atoms with Crippen LogP contribution in [0.2, 0.25) is 0 Å². The third kappa shape index (κ3) is 1.49. The fraction of sp³-hybridized carbons (Fsp3) is 0.300. The van der Waals surface area contributed by atoms with E-state index >= 15 is 0 Å². The molecule has 0 bridgehead atoms. The first kappa shape index (κ1) is 9.58. The van der Waals surface area contributed by atoms with Gasteiger partial charge in [0.15, 0.2) is 5.78 Å². The van der Waals surface area contributed by atoms with Gasteiger partial charge in [0.2, 0.25) is 0 Å². The van der Waals surface area contributed by atoms with E-state index in [1.54, 1.807) is 13.8 Å². The van der Waals surface area contributed by atoms with E-state index in [9.17, 15) is 15.0 Å². The summed E-state index contributed by atoms with van der Waals surface area (Å²) in [5.74, 6) is -0.615. The molecular formula is C10H12O3. The molecule has 13 heavy (non-hydrogen) atoms. The van der Waals surface area contributed by atoms with Crippen LogP contribution >= 0.6 is 0 Å². The molecule has 0 aliphatic rings. The number of phenolic OH excluding ortho intramolecular Hbond substituents is 2. The highest BCUT2D eigenvalue weighted by Crippen LogP contribution is 2.32. The van der Waals surface area contributed by atoms with Gasteiger partial charge in [-0.1, -0.05) is 0 Å². The standard InChI is InChI=1S/C10H12O3/c1-5-4-8(12)9(7(3)11)10(13)6(5)2/h4,12-13H,1-3H3. The molecule has 0 aromatic heterocycles. The Bertz CT molecular complexity index is 367. The van der Waals surface area contributed by atoms with Gasteiger partial charge in [-0.3, -0.25) is 4.79 Å². The molecule has 0 heterocycles. The molecular weight excluding hydrogens is 168 g/mol. The number of carbonyl (C=O) groups is 1. The lowest BCUT2D eigenvalue weighted by Gasteiger charge is -2.09. The molecule has 0 fully saturated rings. The third-order valence-corrected chi connectivity index (χ3v) is 2.14. The van der Waals surface area contributed by atoms with Gasteiger partial charge in [-0.2, -0.15) is 0 Å². The molecule has 0 aliphatic heterocycles. The topological polar surface area (TPSA) is 57.5 Å². The number of ketones is 1. The smallest absolute Gasteiger partial charge is 0.167 e. The quantitative estimate of drug-likeness (QED) is 0.649. The van der Waals surface area contributed by atoms with Crippen molar-refractivity contribution in [3.05, 3.63) is 22.8 Å². The Morgan fingerprint density at radius 1 is 1.31 bits per heavy atom. The predicted molar refractivity (Wildman–Crippen MR) is 49.3 cm³/mol. The highest BCUT2D eigenvalue weighted by atomic mass is 16.3. The Kier molecular flexibility index (Phi) is 2.28. The number of rotatable bonds is 1. The van der Waals surface area contributed by atoms with Crippen LogP contribution < -0.4 is 0 Å². The van der Waals surface area contributed by atoms with Gasteiger partial charge in [0, 0.05) is 0 Å². The largest absolute Gasteiger partial charge is 0.507 e. The van der Waals surface area contributed by atoms with Crippen molar-refractivity contribution in [2.45, 2.75) is 20.8 Å². The minimum Gasteiger partial charge on any atom is -0.507 e. The molecule has 0 atom stereocenters. The molecule has 0 unspecified atom stereocenters. The van der Waals surface area contributed by atoms with Crippen LogP contribution in [0.3, 0.4) is 0 Å². The lowest BCUT2D eigenvalue weighted by molar-refractivity contribution is 0.101. The van der Waals surface area contributed by atoms with Gasteiger partial charge in [0.05, 0.1) is 0 Å². The lowest BCUT2D eigenvalue weighted by Crippen LogP contribution is -1.96. The molecule has 1 rings (SSSR count). The van der Waals surface area contributed by atoms with E-state index in [0.29, 0.717) is 5.56 Å². The number of aromatic hydroxyl groups is 2. The lowest BCUT2D eigenvalue weighted by atomic mass is 10.0. The maximum absolute atomic E-state index is 11.0. The maximum atomic E-state index is 11.0. The summed E-state index contributed by atoms with van der Waals surface area (Å²) in [6.07, 6.45) is 0. The van der Waals surface area contributed by atoms with Gasteiger partial charge >= 0.3 is 0 Å². The van der Waals surface area contributed by atoms with Crippen LogP contribution in [0.15, 0.2) is 6.07 Å². The van der Waals surface area contributed by atoms with E-state index in [-0.39, 0.29) is 22.8 Å². The number of Topliss-reactive ketones (excluding diaryl/α,β-unsaturated/α-hetero) is 1. The van der Waals surface area contributed by atoms with Crippen molar-refractivity contribution >= 4 is 5.78 Å². The van der Waals surface area contributed by atoms with Gasteiger partial charge in [0.25, 0.3) is 0 Å². The van der Waals surface area contributed by atoms with E-state index in [4.69, 9.17) is 0 Å². The molecule has 2 N–H and O–H groups in total. The molecule has 1 aromatic rings. The summed E-state index contributed by atoms with van der Waals surface area (Å²) in [6, 6.07) is 1.48. The first-order valence-electron chi connectivity index (χ1n) is 3.98. The minimum atomic E-state index is -0.335. The van der Waals surface area contributed by atoms with Crippen molar-refractivity contribution in [1.82, 2.24) is 0 Å². The summed E-state index contributed by atoms with van der Waals surface area (Å²) in [6.45, 7) is 4.78. The van der Waals surface area contributed by atoms with Crippen LogP contribution in [0.5, 0.6) is 11.5 Å². The Labute approximate surface area is 76.6 Å². The molecule has 0 saturated carbocycles. The van der Waals surface area contributed by atoms with E-state index < -0.39 is 0 Å². The van der Waals surface area contributed by atoms with Crippen LogP contribution in [0.25, 0.3) is 0 Å². The summed E-state index contributed by atoms with van der Waals surface area (Å²) in [4.78, 5) is 11.0. The molecule has 0 spiro atoms. The number of aryl methyl sites for hydroxylation is 1. The SMILES string of the molecule is CC(=O)c1c(O)cc(C)c(C)c1O. The van der Waals surface area contributed by atoms with Crippen molar-refractivity contribution < 1.29 is 15.0 Å². The second kappa shape index (κ2) is 3.09. The van der Waals surface area contributed by atoms with Gasteiger partial charge < -0.3 is 10.2 Å². The number of hydrogen-bond donors (Lipinski definition) is 2. The van der Waals surface area contributed by atoms with Gasteiger partial charge in [-0.25, -0.2) is 0 Å². The number of hydrogen-bond acceptors (Lipinski definition) is 3. The van der Waals surface area contributed by atoms with Crippen LogP contribution in [0.4, 0.5) is 0 Å². The van der Waals surface area contributed by atoms with Crippen LogP contribution in [-0.4, -0.2) is 16.0 Å². The van der Waals surface area contributed by atoms with Gasteiger partial charge in [-0.15, -0.1) is 0 Å². The molecule has 0 saturated heterocycles. The van der Waals surface area contributed by atoms with Gasteiger partial charge in [0.1, 0.15) is 17.1 Å². The van der Waals surface area contributed by atoms with Gasteiger partial charge in [-0.05, 0) is 38.0 Å². The van der Waals surface area contributed by atoms with E-state index in [1.165, 1.54) is 13.0 Å². The molecule has 3 heteroatoms. The van der Waals surface area contributed by atoms with E-state index in [2.05, 4.69) is 0 Å². The average Bonchev–Trinajstić information content (AvgIpc) is 1.99. The van der Waals surface area contributed by atoms with Crippen LogP contribution in [0.1, 0.15) is 28.4 Å². The Hall–Kier alpha value is -1.51. The zero-order chi connectivity index (χ0) is 10.2. The molecule has 70 valence electrons. The highest BCUT2D eigenvalue weighted by molar-refractivity contribution is 6.00. The Morgan fingerprint density at radius 3 is 2.31 bits per heavy atom. The van der Waals surface area contributed by atoms with Crippen molar-refractivity contribution in [3.63, 3.8) is 0 Å². The van der Waals surface area contributed by atoms with Crippen molar-refractivity contribution in [2.75, 3.05) is 0 Å². The summed E-state index contributed by atoms with van der Waals surface area (Å²) in [5.41, 5.74) is 1.39. The van der Waals surface area contributed by atoms with E-state index in [0.717, 1.165) is 5.56 Å². The fourth-order valence-electron chi connectivity index (χ4n) is 1.23. The second-order valence-corrected chi connectivity index (χ2v) is 3.12. The predicted octanol–water partition coefficient (Wildman–Crippen LogP) is 1.92. The van der Waals surface area contributed by atoms with Crippen molar-refractivity contribution in [1.29, 1.82) is 0 Å². The van der Waals surface area contributed by atoms with Crippen molar-refractivity contribution in [2.24, 2.45) is 0 Å². The summed E-state index contributed by atoms with van der Waals surface area (Å²) in [7, 11) is 0. The monoisotopic (exact) mass is 180 g/mol. The highest BCUT2D eigenvalue weighted by Gasteiger charge is 2.15. The number of carbonyl (C=O) groups excluding carboxylic acids is 1. The molecule has 0 amide bonds. The number of phenols is 2. The van der Waals surface area contributed by atoms with Crippen molar-refractivity contribution in [3.8, 4) is 11.5 Å². The van der Waals surface area contributed by atoms with Crippen LogP contribution in [-0.2, 0) is 0 Å². The Balaban J connectivity index is 3.53. The summed E-state index contributed by atoms with van der Waals surface area (Å²) < 4.78 is 0. The minimum absolute atomic E-state index is 0.00287. The Morgan fingerprint density at radius 2 is 1.85 bits per heavy atom.